The minimum absolute atomic E-state index is 0.00865. The summed E-state index contributed by atoms with van der Waals surface area (Å²) >= 11 is 0. The van der Waals surface area contributed by atoms with Crippen LogP contribution >= 0.6 is 0 Å². The van der Waals surface area contributed by atoms with Gasteiger partial charge in [-0.3, -0.25) is 9.69 Å². The molecule has 0 saturated carbocycles. The van der Waals surface area contributed by atoms with E-state index in [2.05, 4.69) is 42.3 Å². The molecule has 2 atom stereocenters. The molecular weight excluding hydrogens is 362 g/mol. The minimum Gasteiger partial charge on any atom is -0.497 e. The third-order valence-corrected chi connectivity index (χ3v) is 5.83. The summed E-state index contributed by atoms with van der Waals surface area (Å²) < 4.78 is 5.38. The zero-order valence-corrected chi connectivity index (χ0v) is 17.4. The zero-order chi connectivity index (χ0) is 20.4. The van der Waals surface area contributed by atoms with Gasteiger partial charge < -0.3 is 15.0 Å². The van der Waals surface area contributed by atoms with Gasteiger partial charge in [-0.15, -0.1) is 0 Å². The van der Waals surface area contributed by atoms with Gasteiger partial charge in [-0.05, 0) is 54.7 Å². The van der Waals surface area contributed by atoms with Gasteiger partial charge in [0.1, 0.15) is 5.75 Å². The molecular formula is C24H29N3O2. The van der Waals surface area contributed by atoms with E-state index >= 15 is 0 Å². The molecule has 1 fully saturated rings. The van der Waals surface area contributed by atoms with Crippen molar-refractivity contribution in [2.24, 2.45) is 5.92 Å². The number of allylic oxidation sites excluding steroid dienone is 4. The molecule has 3 aliphatic heterocycles. The van der Waals surface area contributed by atoms with Crippen LogP contribution in [0.15, 0.2) is 66.2 Å². The average Bonchev–Trinajstić information content (AvgIpc) is 2.74. The van der Waals surface area contributed by atoms with E-state index < -0.39 is 0 Å². The number of rotatable bonds is 3. The van der Waals surface area contributed by atoms with Crippen LogP contribution < -0.4 is 10.1 Å². The Labute approximate surface area is 173 Å². The average molecular weight is 392 g/mol. The topological polar surface area (TPSA) is 44.8 Å². The second-order valence-corrected chi connectivity index (χ2v) is 7.99. The van der Waals surface area contributed by atoms with Crippen LogP contribution in [0.3, 0.4) is 0 Å². The molecule has 0 spiro atoms. The van der Waals surface area contributed by atoms with Crippen LogP contribution in [-0.2, 0) is 4.79 Å². The van der Waals surface area contributed by atoms with Crippen LogP contribution in [0, 0.1) is 5.92 Å². The first-order chi connectivity index (χ1) is 14.0. The fourth-order valence-corrected chi connectivity index (χ4v) is 4.15. The van der Waals surface area contributed by atoms with Gasteiger partial charge in [0.15, 0.2) is 0 Å². The van der Waals surface area contributed by atoms with Crippen molar-refractivity contribution in [3.05, 3.63) is 71.7 Å². The fourth-order valence-electron chi connectivity index (χ4n) is 4.15. The first-order valence-electron chi connectivity index (χ1n) is 10.3. The number of hydrogen-bond acceptors (Lipinski definition) is 4. The van der Waals surface area contributed by atoms with Crippen molar-refractivity contribution in [3.63, 3.8) is 0 Å². The molecule has 29 heavy (non-hydrogen) atoms. The minimum atomic E-state index is -0.00865. The number of benzene rings is 1. The lowest BCUT2D eigenvalue weighted by molar-refractivity contribution is -0.122. The third-order valence-electron chi connectivity index (χ3n) is 5.83. The van der Waals surface area contributed by atoms with E-state index in [4.69, 9.17) is 4.74 Å². The van der Waals surface area contributed by atoms with Gasteiger partial charge in [-0.2, -0.15) is 0 Å². The van der Waals surface area contributed by atoms with Crippen LogP contribution in [-0.4, -0.2) is 48.5 Å². The molecule has 4 rings (SSSR count). The Kier molecular flexibility index (Phi) is 5.58. The van der Waals surface area contributed by atoms with Gasteiger partial charge >= 0.3 is 0 Å². The number of carbonyl (C=O) groups excluding carboxylic acids is 1. The maximum atomic E-state index is 13.2. The Morgan fingerprint density at radius 2 is 2.00 bits per heavy atom. The van der Waals surface area contributed by atoms with Crippen LogP contribution in [0.1, 0.15) is 25.8 Å². The van der Waals surface area contributed by atoms with Gasteiger partial charge in [0, 0.05) is 43.6 Å². The van der Waals surface area contributed by atoms with E-state index in [0.29, 0.717) is 6.04 Å². The molecule has 2 unspecified atom stereocenters. The van der Waals surface area contributed by atoms with Gasteiger partial charge in [-0.25, -0.2) is 0 Å². The molecule has 5 nitrogen and oxygen atoms in total. The lowest BCUT2D eigenvalue weighted by Gasteiger charge is -2.36. The van der Waals surface area contributed by atoms with Crippen LogP contribution in [0.25, 0.3) is 5.57 Å². The Bertz CT molecular complexity index is 912. The lowest BCUT2D eigenvalue weighted by atomic mass is 9.89. The van der Waals surface area contributed by atoms with Gasteiger partial charge in [0.05, 0.1) is 12.8 Å². The van der Waals surface area contributed by atoms with Crippen molar-refractivity contribution in [2.45, 2.75) is 26.3 Å². The van der Waals surface area contributed by atoms with Crippen molar-refractivity contribution in [2.75, 3.05) is 26.7 Å². The number of amides is 1. The highest BCUT2D eigenvalue weighted by Crippen LogP contribution is 2.32. The third kappa shape index (κ3) is 4.15. The molecule has 1 N–H and O–H groups in total. The van der Waals surface area contributed by atoms with E-state index in [1.54, 1.807) is 18.1 Å². The maximum absolute atomic E-state index is 13.2. The molecule has 1 amide bonds. The molecule has 0 aromatic heterocycles. The summed E-state index contributed by atoms with van der Waals surface area (Å²) in [6.45, 7) is 7.21. The van der Waals surface area contributed by atoms with Gasteiger partial charge in [-0.1, -0.05) is 25.1 Å². The quantitative estimate of drug-likeness (QED) is 0.856. The molecule has 1 saturated heterocycles. The number of ether oxygens (including phenoxy) is 1. The molecule has 1 aromatic carbocycles. The van der Waals surface area contributed by atoms with Crippen molar-refractivity contribution in [1.82, 2.24) is 15.1 Å². The highest BCUT2D eigenvalue weighted by Gasteiger charge is 2.25. The normalized spacial score (nSPS) is 24.8. The van der Waals surface area contributed by atoms with Crippen LogP contribution in [0.2, 0.25) is 0 Å². The highest BCUT2D eigenvalue weighted by atomic mass is 16.5. The number of fused-ring (bicyclic) bond motifs is 1. The van der Waals surface area contributed by atoms with E-state index in [1.165, 1.54) is 0 Å². The van der Waals surface area contributed by atoms with Crippen molar-refractivity contribution >= 4 is 11.5 Å². The standard InChI is InChI=1S/C24H29N3O2/c1-17-7-8-20-9-10-21(26-12-11-25-18(2)15-26)16-27(20)24(28)14-23(17)19-5-4-6-22(13-19)29-3/h4-6,8-10,13-14,16-18,25H,7,11-12,15H2,1-3H3. The summed E-state index contributed by atoms with van der Waals surface area (Å²) in [7, 11) is 1.67. The second kappa shape index (κ2) is 8.29. The summed E-state index contributed by atoms with van der Waals surface area (Å²) in [5.41, 5.74) is 4.13. The van der Waals surface area contributed by atoms with Crippen LogP contribution in [0.4, 0.5) is 0 Å². The first kappa shape index (κ1) is 19.5. The molecule has 0 aliphatic carbocycles. The highest BCUT2D eigenvalue weighted by molar-refractivity contribution is 5.98. The molecule has 0 bridgehead atoms. The SMILES string of the molecule is COc1cccc(C2=CC(=O)N3C=C(N4CCNC(C)C4)C=CC3=CCC2C)c1. The van der Waals surface area contributed by atoms with E-state index in [-0.39, 0.29) is 11.8 Å². The zero-order valence-electron chi connectivity index (χ0n) is 17.4. The number of carbonyl (C=O) groups is 1. The fraction of sp³-hybridized carbons (Fsp3) is 0.375. The predicted molar refractivity (Wildman–Crippen MR) is 116 cm³/mol. The summed E-state index contributed by atoms with van der Waals surface area (Å²) in [5, 5.41) is 3.47. The Hall–Kier alpha value is -2.79. The predicted octanol–water partition coefficient (Wildman–Crippen LogP) is 3.54. The van der Waals surface area contributed by atoms with Gasteiger partial charge in [0.2, 0.25) is 0 Å². The van der Waals surface area contributed by atoms with E-state index in [9.17, 15) is 4.79 Å². The van der Waals surface area contributed by atoms with E-state index in [0.717, 1.165) is 54.3 Å². The molecule has 3 aliphatic rings. The van der Waals surface area contributed by atoms with Gasteiger partial charge in [0.25, 0.3) is 5.91 Å². The Morgan fingerprint density at radius 1 is 1.17 bits per heavy atom. The number of piperazine rings is 1. The van der Waals surface area contributed by atoms with Crippen molar-refractivity contribution < 1.29 is 9.53 Å². The summed E-state index contributed by atoms with van der Waals surface area (Å²) in [6.07, 6.45) is 11.0. The number of methoxy groups -OCH3 is 1. The molecule has 5 heteroatoms. The van der Waals surface area contributed by atoms with Crippen molar-refractivity contribution in [3.8, 4) is 5.75 Å². The molecule has 0 radical (unpaired) electrons. The lowest BCUT2D eigenvalue weighted by Crippen LogP contribution is -2.48. The molecule has 1 aromatic rings. The Morgan fingerprint density at radius 3 is 2.79 bits per heavy atom. The first-order valence-corrected chi connectivity index (χ1v) is 10.3. The number of hydrogen-bond donors (Lipinski definition) is 1. The largest absolute Gasteiger partial charge is 0.497 e. The maximum Gasteiger partial charge on any atom is 0.255 e. The van der Waals surface area contributed by atoms with E-state index in [1.807, 2.05) is 30.5 Å². The monoisotopic (exact) mass is 391 g/mol. The summed E-state index contributed by atoms with van der Waals surface area (Å²) in [4.78, 5) is 17.4. The number of nitrogens with zero attached hydrogens (tertiary/aromatic N) is 2. The number of nitrogens with one attached hydrogen (secondary N) is 1. The smallest absolute Gasteiger partial charge is 0.255 e. The Balaban J connectivity index is 1.65. The second-order valence-electron chi connectivity index (χ2n) is 7.99. The molecule has 152 valence electrons. The van der Waals surface area contributed by atoms with Crippen LogP contribution in [0.5, 0.6) is 5.75 Å². The summed E-state index contributed by atoms with van der Waals surface area (Å²) in [5.74, 6) is 1.04. The summed E-state index contributed by atoms with van der Waals surface area (Å²) in [6, 6.07) is 8.39. The van der Waals surface area contributed by atoms with Crippen molar-refractivity contribution in [1.29, 1.82) is 0 Å². The molecule has 3 heterocycles.